The molecule has 0 radical (unpaired) electrons. The quantitative estimate of drug-likeness (QED) is 0.887. The van der Waals surface area contributed by atoms with E-state index < -0.39 is 5.60 Å². The second-order valence-electron chi connectivity index (χ2n) is 7.45. The van der Waals surface area contributed by atoms with Crippen LogP contribution in [0, 0.1) is 5.92 Å². The number of carbonyl (C=O) groups excluding carboxylic acids is 1. The largest absolute Gasteiger partial charge is 0.508 e. The van der Waals surface area contributed by atoms with Gasteiger partial charge in [-0.3, -0.25) is 0 Å². The summed E-state index contributed by atoms with van der Waals surface area (Å²) >= 11 is 0. The summed E-state index contributed by atoms with van der Waals surface area (Å²) in [6.45, 7) is 10.6. The molecule has 1 amide bonds. The fourth-order valence-electron chi connectivity index (χ4n) is 2.94. The van der Waals surface area contributed by atoms with Crippen LogP contribution in [0.15, 0.2) is 18.2 Å². The van der Waals surface area contributed by atoms with E-state index in [-0.39, 0.29) is 17.9 Å². The normalized spacial score (nSPS) is 18.3. The van der Waals surface area contributed by atoms with Gasteiger partial charge in [0.15, 0.2) is 0 Å². The molecule has 0 spiro atoms. The molecular weight excluding hydrogens is 278 g/mol. The average molecular weight is 305 g/mol. The van der Waals surface area contributed by atoms with Crippen molar-refractivity contribution in [2.45, 2.75) is 59.1 Å². The maximum absolute atomic E-state index is 12.5. The maximum Gasteiger partial charge on any atom is 0.410 e. The molecule has 1 aromatic carbocycles. The van der Waals surface area contributed by atoms with Gasteiger partial charge in [0.25, 0.3) is 0 Å². The molecule has 22 heavy (non-hydrogen) atoms. The summed E-state index contributed by atoms with van der Waals surface area (Å²) < 4.78 is 5.57. The predicted octanol–water partition coefficient (Wildman–Crippen LogP) is 4.27. The third-order valence-corrected chi connectivity index (χ3v) is 3.81. The Morgan fingerprint density at radius 2 is 2.09 bits per heavy atom. The smallest absolute Gasteiger partial charge is 0.410 e. The Bertz CT molecular complexity index is 546. The summed E-state index contributed by atoms with van der Waals surface area (Å²) in [4.78, 5) is 14.4. The SMILES string of the molecule is CC(C)CC1c2ccc(O)cc2CCN1C(=O)OC(C)(C)C. The minimum atomic E-state index is -0.491. The number of phenolic OH excluding ortho intramolecular Hbond substituents is 1. The van der Waals surface area contributed by atoms with Gasteiger partial charge in [-0.2, -0.15) is 0 Å². The average Bonchev–Trinajstić information content (AvgIpc) is 2.35. The van der Waals surface area contributed by atoms with Crippen molar-refractivity contribution in [2.24, 2.45) is 5.92 Å². The molecule has 0 saturated carbocycles. The number of phenols is 1. The summed E-state index contributed by atoms with van der Waals surface area (Å²) in [6, 6.07) is 5.47. The topological polar surface area (TPSA) is 49.8 Å². The third-order valence-electron chi connectivity index (χ3n) is 3.81. The predicted molar refractivity (Wildman–Crippen MR) is 86.9 cm³/mol. The molecule has 1 aromatic rings. The molecule has 1 aliphatic rings. The van der Waals surface area contributed by atoms with E-state index in [1.165, 1.54) is 0 Å². The molecule has 1 atom stereocenters. The summed E-state index contributed by atoms with van der Waals surface area (Å²) in [5, 5.41) is 9.68. The van der Waals surface area contributed by atoms with Crippen molar-refractivity contribution in [3.05, 3.63) is 29.3 Å². The third kappa shape index (κ3) is 3.93. The van der Waals surface area contributed by atoms with Crippen LogP contribution in [-0.4, -0.2) is 28.2 Å². The Morgan fingerprint density at radius 1 is 1.41 bits per heavy atom. The summed E-state index contributed by atoms with van der Waals surface area (Å²) in [5.74, 6) is 0.752. The highest BCUT2D eigenvalue weighted by Crippen LogP contribution is 2.36. The van der Waals surface area contributed by atoms with Gasteiger partial charge in [-0.25, -0.2) is 4.79 Å². The van der Waals surface area contributed by atoms with Gasteiger partial charge in [0, 0.05) is 6.54 Å². The van der Waals surface area contributed by atoms with Gasteiger partial charge in [-0.05, 0) is 62.8 Å². The Balaban J connectivity index is 2.31. The van der Waals surface area contributed by atoms with Crippen molar-refractivity contribution in [1.29, 1.82) is 0 Å². The molecular formula is C18H27NO3. The number of ether oxygens (including phenoxy) is 1. The lowest BCUT2D eigenvalue weighted by atomic mass is 9.88. The van der Waals surface area contributed by atoms with Crippen molar-refractivity contribution in [3.63, 3.8) is 0 Å². The van der Waals surface area contributed by atoms with Crippen LogP contribution >= 0.6 is 0 Å². The lowest BCUT2D eigenvalue weighted by Crippen LogP contribution is -2.43. The van der Waals surface area contributed by atoms with Gasteiger partial charge in [0.2, 0.25) is 0 Å². The molecule has 0 aromatic heterocycles. The monoisotopic (exact) mass is 305 g/mol. The number of hydrogen-bond acceptors (Lipinski definition) is 3. The lowest BCUT2D eigenvalue weighted by Gasteiger charge is -2.39. The van der Waals surface area contributed by atoms with Crippen LogP contribution in [0.3, 0.4) is 0 Å². The highest BCUT2D eigenvalue weighted by atomic mass is 16.6. The number of nitrogens with zero attached hydrogens (tertiary/aromatic N) is 1. The van der Waals surface area contributed by atoms with Crippen LogP contribution in [0.2, 0.25) is 0 Å². The Morgan fingerprint density at radius 3 is 2.68 bits per heavy atom. The fourth-order valence-corrected chi connectivity index (χ4v) is 2.94. The molecule has 1 heterocycles. The van der Waals surface area contributed by atoms with Crippen LogP contribution in [0.4, 0.5) is 4.79 Å². The van der Waals surface area contributed by atoms with Crippen molar-refractivity contribution < 1.29 is 14.6 Å². The van der Waals surface area contributed by atoms with Gasteiger partial charge in [-0.15, -0.1) is 0 Å². The highest BCUT2D eigenvalue weighted by molar-refractivity contribution is 5.69. The Kier molecular flexibility index (Phi) is 4.69. The first-order valence-corrected chi connectivity index (χ1v) is 7.99. The number of amides is 1. The number of hydrogen-bond donors (Lipinski definition) is 1. The van der Waals surface area contributed by atoms with E-state index >= 15 is 0 Å². The number of benzene rings is 1. The zero-order valence-corrected chi connectivity index (χ0v) is 14.2. The minimum absolute atomic E-state index is 0.0131. The molecule has 0 saturated heterocycles. The van der Waals surface area contributed by atoms with Crippen LogP contribution in [0.1, 0.15) is 58.2 Å². The highest BCUT2D eigenvalue weighted by Gasteiger charge is 2.33. The number of fused-ring (bicyclic) bond motifs is 1. The second-order valence-corrected chi connectivity index (χ2v) is 7.45. The lowest BCUT2D eigenvalue weighted by molar-refractivity contribution is 0.0120. The molecule has 4 nitrogen and oxygen atoms in total. The molecule has 0 bridgehead atoms. The van der Waals surface area contributed by atoms with Gasteiger partial charge in [0.1, 0.15) is 11.4 Å². The van der Waals surface area contributed by atoms with E-state index in [0.717, 1.165) is 24.0 Å². The zero-order valence-electron chi connectivity index (χ0n) is 14.2. The van der Waals surface area contributed by atoms with E-state index in [0.29, 0.717) is 12.5 Å². The fraction of sp³-hybridized carbons (Fsp3) is 0.611. The van der Waals surface area contributed by atoms with Gasteiger partial charge >= 0.3 is 6.09 Å². The molecule has 1 N–H and O–H groups in total. The Hall–Kier alpha value is -1.71. The van der Waals surface area contributed by atoms with Crippen molar-refractivity contribution in [3.8, 4) is 5.75 Å². The van der Waals surface area contributed by atoms with E-state index in [1.54, 1.807) is 6.07 Å². The molecule has 2 rings (SSSR count). The number of carbonyl (C=O) groups is 1. The van der Waals surface area contributed by atoms with Crippen molar-refractivity contribution in [1.82, 2.24) is 4.90 Å². The van der Waals surface area contributed by atoms with E-state index in [4.69, 9.17) is 4.74 Å². The molecule has 0 aliphatic carbocycles. The van der Waals surface area contributed by atoms with Crippen LogP contribution in [0.25, 0.3) is 0 Å². The number of aromatic hydroxyl groups is 1. The van der Waals surface area contributed by atoms with Crippen LogP contribution < -0.4 is 0 Å². The molecule has 1 unspecified atom stereocenters. The van der Waals surface area contributed by atoms with Crippen LogP contribution in [-0.2, 0) is 11.2 Å². The second kappa shape index (κ2) is 6.19. The van der Waals surface area contributed by atoms with Gasteiger partial charge in [-0.1, -0.05) is 19.9 Å². The van der Waals surface area contributed by atoms with Gasteiger partial charge < -0.3 is 14.7 Å². The molecule has 1 aliphatic heterocycles. The maximum atomic E-state index is 12.5. The summed E-state index contributed by atoms with van der Waals surface area (Å²) in [7, 11) is 0. The molecule has 4 heteroatoms. The first kappa shape index (κ1) is 16.7. The van der Waals surface area contributed by atoms with E-state index in [2.05, 4.69) is 13.8 Å². The van der Waals surface area contributed by atoms with Crippen molar-refractivity contribution >= 4 is 6.09 Å². The number of rotatable bonds is 2. The Labute approximate surface area is 133 Å². The first-order chi connectivity index (χ1) is 10.2. The molecule has 0 fully saturated rings. The van der Waals surface area contributed by atoms with E-state index in [9.17, 15) is 9.90 Å². The molecule has 122 valence electrons. The summed E-state index contributed by atoms with van der Waals surface area (Å²) in [6.07, 6.45) is 1.38. The zero-order chi connectivity index (χ0) is 16.5. The van der Waals surface area contributed by atoms with Crippen molar-refractivity contribution in [2.75, 3.05) is 6.54 Å². The first-order valence-electron chi connectivity index (χ1n) is 7.99. The standard InChI is InChI=1S/C18H27NO3/c1-12(2)10-16-15-7-6-14(20)11-13(15)8-9-19(16)17(21)22-18(3,4)5/h6-7,11-12,16,20H,8-10H2,1-5H3. The minimum Gasteiger partial charge on any atom is -0.508 e. The van der Waals surface area contributed by atoms with Gasteiger partial charge in [0.05, 0.1) is 6.04 Å². The van der Waals surface area contributed by atoms with Crippen LogP contribution in [0.5, 0.6) is 5.75 Å². The summed E-state index contributed by atoms with van der Waals surface area (Å²) in [5.41, 5.74) is 1.77. The van der Waals surface area contributed by atoms with E-state index in [1.807, 2.05) is 37.8 Å².